The highest BCUT2D eigenvalue weighted by Gasteiger charge is 2.16. The van der Waals surface area contributed by atoms with Crippen LogP contribution in [0.2, 0.25) is 0 Å². The summed E-state index contributed by atoms with van der Waals surface area (Å²) >= 11 is 9.16. The van der Waals surface area contributed by atoms with Gasteiger partial charge in [-0.2, -0.15) is 0 Å². The van der Waals surface area contributed by atoms with Crippen LogP contribution in [0.4, 0.5) is 0 Å². The fraction of sp³-hybridized carbons (Fsp3) is 0. The zero-order chi connectivity index (χ0) is 48.0. The van der Waals surface area contributed by atoms with Crippen LogP contribution in [-0.4, -0.2) is 9.13 Å². The SMILES string of the molecule is Brc1ccc2c(c1)c1ccccc1n2-c1ccc(-c2ccc(-c3ccccc3)s2)cc1.c1ccc(-c2ccc(-c3ccc(-n4c5ccccc5c5cc(-c6ccc(-c7ccccc7)s6)ccc54)cc3)s2)cc1. The van der Waals surface area contributed by atoms with E-state index in [9.17, 15) is 0 Å². The van der Waals surface area contributed by atoms with Gasteiger partial charge in [0.2, 0.25) is 0 Å². The lowest BCUT2D eigenvalue weighted by atomic mass is 10.1. The van der Waals surface area contributed by atoms with E-state index in [1.165, 1.54) is 118 Å². The van der Waals surface area contributed by atoms with Crippen LogP contribution in [0.15, 0.2) is 265 Å². The Labute approximate surface area is 438 Å². The van der Waals surface area contributed by atoms with Crippen molar-refractivity contribution in [1.82, 2.24) is 9.13 Å². The number of halogens is 1. The van der Waals surface area contributed by atoms with Crippen LogP contribution in [0.3, 0.4) is 0 Å². The zero-order valence-corrected chi connectivity index (χ0v) is 42.9. The van der Waals surface area contributed by atoms with Crippen molar-refractivity contribution in [3.05, 3.63) is 265 Å². The van der Waals surface area contributed by atoms with E-state index in [1.54, 1.807) is 0 Å². The van der Waals surface area contributed by atoms with Crippen molar-refractivity contribution in [1.29, 1.82) is 0 Å². The summed E-state index contributed by atoms with van der Waals surface area (Å²) in [6.45, 7) is 0. The molecule has 2 nitrogen and oxygen atoms in total. The maximum absolute atomic E-state index is 3.63. The molecule has 0 radical (unpaired) electrons. The highest BCUT2D eigenvalue weighted by molar-refractivity contribution is 9.10. The average Bonchev–Trinajstić information content (AvgIpc) is 4.32. The monoisotopic (exact) mass is 1040 g/mol. The Morgan fingerprint density at radius 3 is 0.958 bits per heavy atom. The second-order valence-electron chi connectivity index (χ2n) is 17.8. The molecule has 5 heterocycles. The smallest absolute Gasteiger partial charge is 0.0541 e. The molecule has 0 saturated heterocycles. The Hall–Kier alpha value is -7.84. The predicted molar refractivity (Wildman–Crippen MR) is 316 cm³/mol. The van der Waals surface area contributed by atoms with Gasteiger partial charge in [-0.25, -0.2) is 0 Å². The maximum Gasteiger partial charge on any atom is 0.0541 e. The van der Waals surface area contributed by atoms with Crippen molar-refractivity contribution in [2.24, 2.45) is 0 Å². The van der Waals surface area contributed by atoms with Crippen molar-refractivity contribution < 1.29 is 0 Å². The summed E-state index contributed by atoms with van der Waals surface area (Å²) in [5, 5.41) is 5.09. The molecular formula is C66H43BrN2S3. The van der Waals surface area contributed by atoms with Gasteiger partial charge in [0.15, 0.2) is 0 Å². The lowest BCUT2D eigenvalue weighted by Gasteiger charge is -2.09. The Bertz CT molecular complexity index is 4200. The van der Waals surface area contributed by atoms with Gasteiger partial charge in [0.25, 0.3) is 0 Å². The molecule has 0 bridgehead atoms. The number of thiophene rings is 3. The summed E-state index contributed by atoms with van der Waals surface area (Å²) in [5.41, 5.74) is 14.8. The molecule has 9 aromatic carbocycles. The second kappa shape index (κ2) is 19.1. The molecule has 342 valence electrons. The molecular weight excluding hydrogens is 997 g/mol. The molecule has 0 spiro atoms. The summed E-state index contributed by atoms with van der Waals surface area (Å²) in [6, 6.07) is 93.9. The minimum atomic E-state index is 1.10. The van der Waals surface area contributed by atoms with Crippen LogP contribution >= 0.6 is 49.9 Å². The number of rotatable bonds is 8. The second-order valence-corrected chi connectivity index (χ2v) is 21.9. The Balaban J connectivity index is 0.000000146. The zero-order valence-electron chi connectivity index (χ0n) is 38.8. The molecule has 0 N–H and O–H groups in total. The van der Waals surface area contributed by atoms with Crippen LogP contribution in [0.5, 0.6) is 0 Å². The number of hydrogen-bond donors (Lipinski definition) is 0. The van der Waals surface area contributed by atoms with Crippen molar-refractivity contribution in [3.8, 4) is 74.0 Å². The van der Waals surface area contributed by atoms with Crippen LogP contribution in [0.1, 0.15) is 0 Å². The number of aromatic nitrogens is 2. The van der Waals surface area contributed by atoms with Gasteiger partial charge < -0.3 is 9.13 Å². The number of hydrogen-bond acceptors (Lipinski definition) is 3. The molecule has 72 heavy (non-hydrogen) atoms. The summed E-state index contributed by atoms with van der Waals surface area (Å²) in [5.74, 6) is 0. The van der Waals surface area contributed by atoms with Gasteiger partial charge in [-0.3, -0.25) is 0 Å². The molecule has 0 aliphatic carbocycles. The van der Waals surface area contributed by atoms with Crippen LogP contribution < -0.4 is 0 Å². The normalized spacial score (nSPS) is 11.4. The molecule has 0 aliphatic heterocycles. The van der Waals surface area contributed by atoms with Crippen molar-refractivity contribution in [3.63, 3.8) is 0 Å². The molecule has 0 amide bonds. The fourth-order valence-electron chi connectivity index (χ4n) is 9.93. The molecule has 14 aromatic rings. The largest absolute Gasteiger partial charge is 0.309 e. The van der Waals surface area contributed by atoms with Gasteiger partial charge in [-0.15, -0.1) is 34.0 Å². The molecule has 0 aliphatic rings. The minimum Gasteiger partial charge on any atom is -0.309 e. The van der Waals surface area contributed by atoms with Crippen molar-refractivity contribution in [2.45, 2.75) is 0 Å². The first kappa shape index (κ1) is 44.1. The fourth-order valence-corrected chi connectivity index (χ4v) is 13.3. The molecule has 0 fully saturated rings. The highest BCUT2D eigenvalue weighted by atomic mass is 79.9. The minimum absolute atomic E-state index is 1.10. The van der Waals surface area contributed by atoms with E-state index in [4.69, 9.17) is 0 Å². The topological polar surface area (TPSA) is 9.86 Å². The Kier molecular flexibility index (Phi) is 11.7. The van der Waals surface area contributed by atoms with Gasteiger partial charge in [0.05, 0.1) is 22.1 Å². The lowest BCUT2D eigenvalue weighted by molar-refractivity contribution is 1.18. The van der Waals surface area contributed by atoms with Gasteiger partial charge >= 0.3 is 0 Å². The number of fused-ring (bicyclic) bond motifs is 6. The number of nitrogens with zero attached hydrogens (tertiary/aromatic N) is 2. The summed E-state index contributed by atoms with van der Waals surface area (Å²) in [6.07, 6.45) is 0. The molecule has 0 atom stereocenters. The third-order valence-electron chi connectivity index (χ3n) is 13.4. The third-order valence-corrected chi connectivity index (χ3v) is 17.4. The summed E-state index contributed by atoms with van der Waals surface area (Å²) < 4.78 is 5.85. The number of para-hydroxylation sites is 2. The molecule has 6 heteroatoms. The van der Waals surface area contributed by atoms with Gasteiger partial charge in [0, 0.05) is 66.7 Å². The van der Waals surface area contributed by atoms with Gasteiger partial charge in [-0.1, -0.05) is 174 Å². The van der Waals surface area contributed by atoms with E-state index < -0.39 is 0 Å². The summed E-state index contributed by atoms with van der Waals surface area (Å²) in [4.78, 5) is 7.75. The summed E-state index contributed by atoms with van der Waals surface area (Å²) in [7, 11) is 0. The van der Waals surface area contributed by atoms with Gasteiger partial charge in [-0.05, 0) is 137 Å². The van der Waals surface area contributed by atoms with Crippen LogP contribution in [0, 0.1) is 0 Å². The van der Waals surface area contributed by atoms with Crippen molar-refractivity contribution in [2.75, 3.05) is 0 Å². The van der Waals surface area contributed by atoms with E-state index in [2.05, 4.69) is 286 Å². The first-order valence-corrected chi connectivity index (χ1v) is 27.2. The Morgan fingerprint density at radius 1 is 0.236 bits per heavy atom. The van der Waals surface area contributed by atoms with Crippen LogP contribution in [0.25, 0.3) is 118 Å². The third kappa shape index (κ3) is 8.32. The van der Waals surface area contributed by atoms with E-state index >= 15 is 0 Å². The maximum atomic E-state index is 3.63. The van der Waals surface area contributed by atoms with E-state index in [0.717, 1.165) is 4.47 Å². The number of benzene rings is 9. The highest BCUT2D eigenvalue weighted by Crippen LogP contribution is 2.41. The van der Waals surface area contributed by atoms with E-state index in [-0.39, 0.29) is 0 Å². The standard InChI is InChI=1S/C38H25NS2.C28H18BrNS/c1-3-9-26(10-4-1)35-21-22-37(40-35)28-15-18-30(19-16-28)39-33-14-8-7-13-31(33)32-25-29(17-20-34(32)39)38-24-23-36(41-38)27-11-5-2-6-12-27;29-21-12-15-26-24(18-21)23-8-4-5-9-25(23)30(26)22-13-10-20(11-14-22)28-17-16-27(31-28)19-6-2-1-3-7-19/h1-25H;1-18H. The first-order valence-electron chi connectivity index (χ1n) is 24.0. The lowest BCUT2D eigenvalue weighted by Crippen LogP contribution is -1.93. The first-order chi connectivity index (χ1) is 35.6. The van der Waals surface area contributed by atoms with Crippen molar-refractivity contribution >= 4 is 93.6 Å². The molecule has 0 saturated carbocycles. The molecule has 14 rings (SSSR count). The van der Waals surface area contributed by atoms with E-state index in [1.807, 2.05) is 34.0 Å². The average molecular weight is 1040 g/mol. The Morgan fingerprint density at radius 2 is 0.542 bits per heavy atom. The predicted octanol–water partition coefficient (Wildman–Crippen LogP) is 20.5. The van der Waals surface area contributed by atoms with E-state index in [0.29, 0.717) is 0 Å². The molecule has 5 aromatic heterocycles. The quantitative estimate of drug-likeness (QED) is 0.144. The van der Waals surface area contributed by atoms with Gasteiger partial charge in [0.1, 0.15) is 0 Å². The molecule has 0 unspecified atom stereocenters. The van der Waals surface area contributed by atoms with Crippen LogP contribution in [-0.2, 0) is 0 Å².